The summed E-state index contributed by atoms with van der Waals surface area (Å²) in [6, 6.07) is 3.91. The van der Waals surface area contributed by atoms with Crippen molar-refractivity contribution in [1.82, 2.24) is 9.88 Å². The van der Waals surface area contributed by atoms with Crippen molar-refractivity contribution in [3.63, 3.8) is 0 Å². The molecule has 1 aromatic heterocycles. The number of amides is 1. The summed E-state index contributed by atoms with van der Waals surface area (Å²) < 4.78 is 74.8. The molecule has 0 radical (unpaired) electrons. The molecule has 190 valence electrons. The van der Waals surface area contributed by atoms with Crippen molar-refractivity contribution in [2.75, 3.05) is 26.3 Å². The second-order valence-corrected chi connectivity index (χ2v) is 12.0. The minimum Gasteiger partial charge on any atom is -0.410 e. The summed E-state index contributed by atoms with van der Waals surface area (Å²) in [5.41, 5.74) is -1.05. The number of ether oxygens (including phenoxy) is 2. The Morgan fingerprint density at radius 3 is 2.31 bits per heavy atom. The third-order valence-electron chi connectivity index (χ3n) is 5.31. The number of carbonyl (C=O) groups is 1. The Hall–Kier alpha value is -2.28. The lowest BCUT2D eigenvalue weighted by Crippen LogP contribution is -2.42. The smallest absolute Gasteiger partial charge is 0.410 e. The van der Waals surface area contributed by atoms with Gasteiger partial charge in [-0.1, -0.05) is 6.07 Å². The van der Waals surface area contributed by atoms with Crippen LogP contribution in [0.2, 0.25) is 0 Å². The van der Waals surface area contributed by atoms with Crippen LogP contribution in [-0.4, -0.2) is 62.3 Å². The Bertz CT molecular complexity index is 1160. The lowest BCUT2D eigenvalue weighted by molar-refractivity contribution is -0.0614. The Balaban J connectivity index is 1.58. The average Bonchev–Trinajstić information content (AvgIpc) is 2.78. The largest absolute Gasteiger partial charge is 0.415 e. The van der Waals surface area contributed by atoms with Crippen LogP contribution >= 0.6 is 15.2 Å². The van der Waals surface area contributed by atoms with Crippen LogP contribution in [0.25, 0.3) is 0 Å². The predicted octanol–water partition coefficient (Wildman–Crippen LogP) is 2.50. The van der Waals surface area contributed by atoms with Gasteiger partial charge in [-0.3, -0.25) is 23.2 Å². The molecule has 0 aliphatic carbocycles. The van der Waals surface area contributed by atoms with E-state index in [9.17, 15) is 37.6 Å². The number of hydrogen-bond donors (Lipinski definition) is 3. The second kappa shape index (κ2) is 9.64. The molecular formula is C19H20F2N2O10P2. The zero-order chi connectivity index (χ0) is 25.4. The number of benzene rings is 1. The summed E-state index contributed by atoms with van der Waals surface area (Å²) in [5, 5.41) is 7.35. The fourth-order valence-electron chi connectivity index (χ4n) is 3.45. The molecule has 2 atom stereocenters. The van der Waals surface area contributed by atoms with Crippen molar-refractivity contribution in [2.45, 2.75) is 17.8 Å². The summed E-state index contributed by atoms with van der Waals surface area (Å²) in [5.74, 6) is -3.46. The molecule has 1 aromatic carbocycles. The molecule has 2 fully saturated rings. The van der Waals surface area contributed by atoms with Gasteiger partial charge in [0.25, 0.3) is 5.08 Å². The van der Waals surface area contributed by atoms with Gasteiger partial charge in [-0.2, -0.15) is 0 Å². The maximum atomic E-state index is 14.8. The van der Waals surface area contributed by atoms with E-state index >= 15 is 0 Å². The van der Waals surface area contributed by atoms with E-state index in [0.29, 0.717) is 12.1 Å². The third-order valence-corrected chi connectivity index (χ3v) is 9.91. The number of morpholine rings is 1. The topological polar surface area (TPSA) is 165 Å². The highest BCUT2D eigenvalue weighted by Crippen LogP contribution is 2.79. The fourth-order valence-corrected chi connectivity index (χ4v) is 6.99. The van der Waals surface area contributed by atoms with E-state index in [1.807, 2.05) is 0 Å². The number of aliphatic hydroxyl groups is 1. The molecule has 2 saturated heterocycles. The van der Waals surface area contributed by atoms with Gasteiger partial charge in [0.15, 0.2) is 0 Å². The highest BCUT2D eigenvalue weighted by atomic mass is 31.2. The first-order valence-electron chi connectivity index (χ1n) is 10.1. The molecule has 2 aromatic rings. The Kier molecular flexibility index (Phi) is 7.11. The molecule has 1 amide bonds. The number of halogens is 2. The van der Waals surface area contributed by atoms with Crippen molar-refractivity contribution in [3.05, 3.63) is 59.4 Å². The van der Waals surface area contributed by atoms with Gasteiger partial charge in [0.05, 0.1) is 18.8 Å². The Morgan fingerprint density at radius 1 is 1.17 bits per heavy atom. The van der Waals surface area contributed by atoms with Gasteiger partial charge in [-0.05, 0) is 11.6 Å². The van der Waals surface area contributed by atoms with Crippen LogP contribution < -0.4 is 4.74 Å². The van der Waals surface area contributed by atoms with Gasteiger partial charge in [0.2, 0.25) is 6.29 Å². The maximum absolute atomic E-state index is 14.8. The minimum atomic E-state index is -5.46. The SMILES string of the molecule is O=C(Oc1cc(F)c(C2OP(=O)(O)C(O)(Cc3cccnc3)P(=O)(O)O2)c(F)c1)N1CCOCC1. The minimum absolute atomic E-state index is 0.0907. The zero-order valence-electron chi connectivity index (χ0n) is 17.8. The number of pyridine rings is 1. The van der Waals surface area contributed by atoms with E-state index in [0.717, 1.165) is 0 Å². The van der Waals surface area contributed by atoms with Crippen LogP contribution in [0.4, 0.5) is 13.6 Å². The molecule has 0 spiro atoms. The monoisotopic (exact) mass is 536 g/mol. The first-order valence-corrected chi connectivity index (χ1v) is 13.3. The highest BCUT2D eigenvalue weighted by Gasteiger charge is 2.67. The fraction of sp³-hybridized carbons (Fsp3) is 0.368. The lowest BCUT2D eigenvalue weighted by Gasteiger charge is -2.41. The van der Waals surface area contributed by atoms with E-state index in [2.05, 4.69) is 4.98 Å². The van der Waals surface area contributed by atoms with Crippen LogP contribution in [0, 0.1) is 11.6 Å². The summed E-state index contributed by atoms with van der Waals surface area (Å²) in [6.45, 7) is 0.960. The molecule has 2 unspecified atom stereocenters. The molecule has 12 nitrogen and oxygen atoms in total. The van der Waals surface area contributed by atoms with E-state index in [-0.39, 0.29) is 31.9 Å². The molecule has 4 rings (SSSR count). The van der Waals surface area contributed by atoms with Crippen LogP contribution in [0.5, 0.6) is 5.75 Å². The molecule has 35 heavy (non-hydrogen) atoms. The van der Waals surface area contributed by atoms with E-state index in [1.165, 1.54) is 29.4 Å². The van der Waals surface area contributed by atoms with E-state index in [4.69, 9.17) is 18.5 Å². The standard InChI is InChI=1S/C19H20F2N2O10P2/c20-14-8-13(31-18(24)23-4-6-30-7-5-23)9-15(21)16(14)17-32-34(26,27)19(25,35(28,29)33-17)10-12-2-1-3-22-11-12/h1-3,8-9,11,17,25H,4-7,10H2,(H,26,27)(H,28,29). The van der Waals surface area contributed by atoms with Crippen LogP contribution in [-0.2, 0) is 29.3 Å². The van der Waals surface area contributed by atoms with Gasteiger partial charge >= 0.3 is 21.3 Å². The van der Waals surface area contributed by atoms with Crippen LogP contribution in [0.1, 0.15) is 17.4 Å². The Labute approximate surface area is 197 Å². The number of rotatable bonds is 4. The first-order chi connectivity index (χ1) is 16.4. The molecule has 2 aliphatic heterocycles. The predicted molar refractivity (Wildman–Crippen MR) is 112 cm³/mol. The van der Waals surface area contributed by atoms with Crippen molar-refractivity contribution >= 4 is 21.3 Å². The normalized spacial score (nSPS) is 31.2. The van der Waals surface area contributed by atoms with Gasteiger partial charge in [0, 0.05) is 44.0 Å². The van der Waals surface area contributed by atoms with Gasteiger partial charge in [-0.15, -0.1) is 0 Å². The lowest BCUT2D eigenvalue weighted by atomic mass is 10.2. The van der Waals surface area contributed by atoms with Gasteiger partial charge in [0.1, 0.15) is 17.4 Å². The van der Waals surface area contributed by atoms with Gasteiger partial charge < -0.3 is 29.3 Å². The number of aromatic nitrogens is 1. The molecule has 3 N–H and O–H groups in total. The molecule has 16 heteroatoms. The number of hydrogen-bond acceptors (Lipinski definition) is 9. The number of carbonyl (C=O) groups excluding carboxylic acids is 1. The molecule has 3 heterocycles. The van der Waals surface area contributed by atoms with Crippen molar-refractivity contribution in [1.29, 1.82) is 0 Å². The quantitative estimate of drug-likeness (QED) is 0.492. The highest BCUT2D eigenvalue weighted by molar-refractivity contribution is 7.73. The first kappa shape index (κ1) is 25.8. The summed E-state index contributed by atoms with van der Waals surface area (Å²) in [7, 11) is -10.9. The van der Waals surface area contributed by atoms with Crippen LogP contribution in [0.15, 0.2) is 36.7 Å². The molecule has 0 saturated carbocycles. The van der Waals surface area contributed by atoms with E-state index < -0.39 is 62.0 Å². The molecule has 2 aliphatic rings. The summed E-state index contributed by atoms with van der Waals surface area (Å²) in [4.78, 5) is 37.8. The number of nitrogens with zero attached hydrogens (tertiary/aromatic N) is 2. The van der Waals surface area contributed by atoms with Gasteiger partial charge in [-0.25, -0.2) is 13.6 Å². The summed E-state index contributed by atoms with van der Waals surface area (Å²) >= 11 is 0. The van der Waals surface area contributed by atoms with Crippen molar-refractivity contribution in [2.24, 2.45) is 0 Å². The molecule has 0 bridgehead atoms. The zero-order valence-corrected chi connectivity index (χ0v) is 19.6. The van der Waals surface area contributed by atoms with E-state index in [1.54, 1.807) is 0 Å². The molecular weight excluding hydrogens is 516 g/mol. The van der Waals surface area contributed by atoms with Crippen LogP contribution in [0.3, 0.4) is 0 Å². The third kappa shape index (κ3) is 5.02. The van der Waals surface area contributed by atoms with Crippen molar-refractivity contribution < 1.29 is 56.1 Å². The van der Waals surface area contributed by atoms with Crippen molar-refractivity contribution in [3.8, 4) is 5.75 Å². The average molecular weight is 536 g/mol. The maximum Gasteiger partial charge on any atom is 0.415 e. The second-order valence-electron chi connectivity index (χ2n) is 7.66. The summed E-state index contributed by atoms with van der Waals surface area (Å²) in [6.07, 6.45) is -1.70. The Morgan fingerprint density at radius 2 is 1.77 bits per heavy atom.